The Morgan fingerprint density at radius 3 is 2.29 bits per heavy atom. The first kappa shape index (κ1) is 17.7. The van der Waals surface area contributed by atoms with Crippen LogP contribution in [0.15, 0.2) is 40.3 Å². The SMILES string of the molecule is CSc1nc(C)cc(=O)n1CC(=O)Nc1ccc(NC(C)=O)cc1. The first-order valence-corrected chi connectivity index (χ1v) is 8.41. The van der Waals surface area contributed by atoms with Gasteiger partial charge in [0.1, 0.15) is 6.54 Å². The minimum absolute atomic E-state index is 0.115. The van der Waals surface area contributed by atoms with E-state index in [0.717, 1.165) is 0 Å². The molecule has 7 nitrogen and oxygen atoms in total. The lowest BCUT2D eigenvalue weighted by molar-refractivity contribution is -0.117. The topological polar surface area (TPSA) is 93.1 Å². The van der Waals surface area contributed by atoms with E-state index >= 15 is 0 Å². The third-order valence-electron chi connectivity index (χ3n) is 3.07. The normalized spacial score (nSPS) is 10.3. The number of hydrogen-bond acceptors (Lipinski definition) is 5. The molecule has 8 heteroatoms. The highest BCUT2D eigenvalue weighted by Gasteiger charge is 2.11. The van der Waals surface area contributed by atoms with Crippen molar-refractivity contribution in [2.24, 2.45) is 0 Å². The van der Waals surface area contributed by atoms with Crippen LogP contribution in [0.25, 0.3) is 0 Å². The molecule has 1 aromatic heterocycles. The van der Waals surface area contributed by atoms with Gasteiger partial charge in [0, 0.05) is 30.1 Å². The van der Waals surface area contributed by atoms with Crippen LogP contribution < -0.4 is 16.2 Å². The van der Waals surface area contributed by atoms with Crippen LogP contribution in [0.2, 0.25) is 0 Å². The fourth-order valence-corrected chi connectivity index (χ4v) is 2.69. The molecule has 0 bridgehead atoms. The number of nitrogens with zero attached hydrogens (tertiary/aromatic N) is 2. The summed E-state index contributed by atoms with van der Waals surface area (Å²) in [5, 5.41) is 5.86. The number of anilines is 2. The molecule has 0 saturated carbocycles. The number of hydrogen-bond donors (Lipinski definition) is 2. The van der Waals surface area contributed by atoms with E-state index in [1.165, 1.54) is 29.3 Å². The van der Waals surface area contributed by atoms with Crippen molar-refractivity contribution >= 4 is 35.0 Å². The lowest BCUT2D eigenvalue weighted by atomic mass is 10.2. The van der Waals surface area contributed by atoms with E-state index in [1.54, 1.807) is 37.4 Å². The number of nitrogens with one attached hydrogen (secondary N) is 2. The Bertz CT molecular complexity index is 815. The van der Waals surface area contributed by atoms with Crippen LogP contribution in [-0.4, -0.2) is 27.6 Å². The highest BCUT2D eigenvalue weighted by molar-refractivity contribution is 7.98. The summed E-state index contributed by atoms with van der Waals surface area (Å²) < 4.78 is 1.33. The molecule has 2 N–H and O–H groups in total. The third kappa shape index (κ3) is 4.69. The Balaban J connectivity index is 2.09. The number of carbonyl (C=O) groups is 2. The van der Waals surface area contributed by atoms with Gasteiger partial charge in [-0.15, -0.1) is 0 Å². The van der Waals surface area contributed by atoms with E-state index in [4.69, 9.17) is 0 Å². The van der Waals surface area contributed by atoms with Crippen LogP contribution in [0, 0.1) is 6.92 Å². The van der Waals surface area contributed by atoms with Gasteiger partial charge in [0.05, 0.1) is 0 Å². The average molecular weight is 346 g/mol. The van der Waals surface area contributed by atoms with E-state index in [0.29, 0.717) is 22.2 Å². The summed E-state index contributed by atoms with van der Waals surface area (Å²) in [6.45, 7) is 3.05. The molecule has 0 saturated heterocycles. The Morgan fingerprint density at radius 2 is 1.75 bits per heavy atom. The Morgan fingerprint density at radius 1 is 1.17 bits per heavy atom. The molecule has 0 atom stereocenters. The first-order valence-electron chi connectivity index (χ1n) is 7.19. The summed E-state index contributed by atoms with van der Waals surface area (Å²) in [5.74, 6) is -0.493. The summed E-state index contributed by atoms with van der Waals surface area (Å²) in [4.78, 5) is 39.4. The maximum Gasteiger partial charge on any atom is 0.254 e. The highest BCUT2D eigenvalue weighted by atomic mass is 32.2. The van der Waals surface area contributed by atoms with E-state index in [2.05, 4.69) is 15.6 Å². The molecule has 0 radical (unpaired) electrons. The standard InChI is InChI=1S/C16H18N4O3S/c1-10-8-15(23)20(16(17-10)24-3)9-14(22)19-13-6-4-12(5-7-13)18-11(2)21/h4-8H,9H2,1-3H3,(H,18,21)(H,19,22). The number of aromatic nitrogens is 2. The second kappa shape index (κ2) is 7.78. The fraction of sp³-hybridized carbons (Fsp3) is 0.250. The predicted octanol–water partition coefficient (Wildman–Crippen LogP) is 1.87. The highest BCUT2D eigenvalue weighted by Crippen LogP contribution is 2.14. The van der Waals surface area contributed by atoms with Crippen molar-refractivity contribution < 1.29 is 9.59 Å². The van der Waals surface area contributed by atoms with Crippen LogP contribution in [0.4, 0.5) is 11.4 Å². The molecule has 0 aliphatic carbocycles. The minimum atomic E-state index is -0.328. The summed E-state index contributed by atoms with van der Waals surface area (Å²) in [7, 11) is 0. The van der Waals surface area contributed by atoms with Crippen LogP contribution >= 0.6 is 11.8 Å². The zero-order valence-corrected chi connectivity index (χ0v) is 14.4. The van der Waals surface area contributed by atoms with Gasteiger partial charge in [-0.25, -0.2) is 4.98 Å². The molecule has 1 heterocycles. The molecule has 0 spiro atoms. The third-order valence-corrected chi connectivity index (χ3v) is 3.75. The number of benzene rings is 1. The fourth-order valence-electron chi connectivity index (χ4n) is 2.08. The van der Waals surface area contributed by atoms with Gasteiger partial charge in [0.2, 0.25) is 11.8 Å². The number of aryl methyl sites for hydroxylation is 1. The number of thioether (sulfide) groups is 1. The summed E-state index contributed by atoms with van der Waals surface area (Å²) in [5.41, 5.74) is 1.58. The Labute approximate surface area is 143 Å². The lowest BCUT2D eigenvalue weighted by Gasteiger charge is -2.11. The maximum atomic E-state index is 12.2. The molecule has 24 heavy (non-hydrogen) atoms. The van der Waals surface area contributed by atoms with E-state index < -0.39 is 0 Å². The second-order valence-corrected chi connectivity index (χ2v) is 5.89. The zero-order valence-electron chi connectivity index (χ0n) is 13.6. The molecular weight excluding hydrogens is 328 g/mol. The molecule has 0 aliphatic rings. The largest absolute Gasteiger partial charge is 0.326 e. The van der Waals surface area contributed by atoms with Crippen LogP contribution in [0.5, 0.6) is 0 Å². The van der Waals surface area contributed by atoms with E-state index in [9.17, 15) is 14.4 Å². The Hall–Kier alpha value is -2.61. The smallest absolute Gasteiger partial charge is 0.254 e. The molecule has 126 valence electrons. The van der Waals surface area contributed by atoms with Crippen LogP contribution in [0.1, 0.15) is 12.6 Å². The number of rotatable bonds is 5. The monoisotopic (exact) mass is 346 g/mol. The van der Waals surface area contributed by atoms with Gasteiger partial charge in [0.15, 0.2) is 5.16 Å². The predicted molar refractivity (Wildman–Crippen MR) is 94.4 cm³/mol. The van der Waals surface area contributed by atoms with Crippen molar-refractivity contribution in [2.75, 3.05) is 16.9 Å². The molecule has 2 rings (SSSR count). The summed E-state index contributed by atoms with van der Waals surface area (Å²) in [6.07, 6.45) is 1.80. The Kier molecular flexibility index (Phi) is 5.75. The van der Waals surface area contributed by atoms with Crippen molar-refractivity contribution in [1.82, 2.24) is 9.55 Å². The lowest BCUT2D eigenvalue weighted by Crippen LogP contribution is -2.29. The number of amides is 2. The molecule has 0 fully saturated rings. The zero-order chi connectivity index (χ0) is 17.7. The second-order valence-electron chi connectivity index (χ2n) is 5.12. The van der Waals surface area contributed by atoms with Gasteiger partial charge in [-0.05, 0) is 37.4 Å². The van der Waals surface area contributed by atoms with Crippen LogP contribution in [-0.2, 0) is 16.1 Å². The molecular formula is C16H18N4O3S. The van der Waals surface area contributed by atoms with Gasteiger partial charge >= 0.3 is 0 Å². The van der Waals surface area contributed by atoms with Gasteiger partial charge in [-0.2, -0.15) is 0 Å². The van der Waals surface area contributed by atoms with E-state index in [1.807, 2.05) is 0 Å². The van der Waals surface area contributed by atoms with Gasteiger partial charge < -0.3 is 10.6 Å². The van der Waals surface area contributed by atoms with Gasteiger partial charge in [0.25, 0.3) is 5.56 Å². The molecule has 1 aromatic carbocycles. The van der Waals surface area contributed by atoms with E-state index in [-0.39, 0.29) is 23.9 Å². The van der Waals surface area contributed by atoms with Crippen LogP contribution in [0.3, 0.4) is 0 Å². The number of carbonyl (C=O) groups excluding carboxylic acids is 2. The molecule has 2 aromatic rings. The summed E-state index contributed by atoms with van der Waals surface area (Å²) in [6, 6.07) is 8.12. The first-order chi connectivity index (χ1) is 11.4. The molecule has 0 aliphatic heterocycles. The maximum absolute atomic E-state index is 12.2. The minimum Gasteiger partial charge on any atom is -0.326 e. The van der Waals surface area contributed by atoms with Crippen molar-refractivity contribution in [2.45, 2.75) is 25.5 Å². The van der Waals surface area contributed by atoms with Crippen molar-refractivity contribution in [3.63, 3.8) is 0 Å². The summed E-state index contributed by atoms with van der Waals surface area (Å²) >= 11 is 1.31. The van der Waals surface area contributed by atoms with Crippen molar-refractivity contribution in [3.05, 3.63) is 46.4 Å². The van der Waals surface area contributed by atoms with Gasteiger partial charge in [-0.1, -0.05) is 11.8 Å². The van der Waals surface area contributed by atoms with Gasteiger partial charge in [-0.3, -0.25) is 19.0 Å². The average Bonchev–Trinajstić information content (AvgIpc) is 2.51. The quantitative estimate of drug-likeness (QED) is 0.637. The van der Waals surface area contributed by atoms with Crippen molar-refractivity contribution in [1.29, 1.82) is 0 Å². The molecule has 2 amide bonds. The van der Waals surface area contributed by atoms with Crippen molar-refractivity contribution in [3.8, 4) is 0 Å². The molecule has 0 unspecified atom stereocenters.